The van der Waals surface area contributed by atoms with Crippen molar-refractivity contribution in [3.05, 3.63) is 0 Å². The molecule has 0 bridgehead atoms. The maximum Gasteiger partial charge on any atom is 0.303 e. The van der Waals surface area contributed by atoms with Gasteiger partial charge in [-0.1, -0.05) is 20.3 Å². The second-order valence-electron chi connectivity index (χ2n) is 6.45. The third kappa shape index (κ3) is 31.6. The Morgan fingerprint density at radius 3 is 1.45 bits per heavy atom. The van der Waals surface area contributed by atoms with Crippen molar-refractivity contribution in [2.45, 2.75) is 84.2 Å². The largest absolute Gasteiger partial charge is 0.481 e. The predicted octanol–water partition coefficient (Wildman–Crippen LogP) is 0.635. The zero-order valence-electron chi connectivity index (χ0n) is 18.0. The molecule has 0 heterocycles. The van der Waals surface area contributed by atoms with Crippen LogP contribution in [0.5, 0.6) is 0 Å². The van der Waals surface area contributed by atoms with Crippen LogP contribution < -0.4 is 0 Å². The summed E-state index contributed by atoms with van der Waals surface area (Å²) in [5, 5.41) is 51.1. The Balaban J connectivity index is -0.000000354. The van der Waals surface area contributed by atoms with Crippen LogP contribution in [0, 0.1) is 0 Å². The summed E-state index contributed by atoms with van der Waals surface area (Å²) in [4.78, 5) is 19.3. The van der Waals surface area contributed by atoms with Crippen molar-refractivity contribution in [2.75, 3.05) is 26.4 Å². The number of aliphatic hydroxyl groups excluding tert-OH is 4. The second-order valence-corrected chi connectivity index (χ2v) is 6.45. The molecule has 176 valence electrons. The van der Waals surface area contributed by atoms with Crippen LogP contribution in [0.25, 0.3) is 0 Å². The number of carbonyl (C=O) groups is 2. The van der Waals surface area contributed by atoms with Crippen molar-refractivity contribution in [1.29, 1.82) is 0 Å². The van der Waals surface area contributed by atoms with Crippen LogP contribution in [0.4, 0.5) is 0 Å². The molecule has 6 N–H and O–H groups in total. The van der Waals surface area contributed by atoms with E-state index in [-0.39, 0.29) is 44.4 Å². The molecule has 0 aliphatic heterocycles. The Morgan fingerprint density at radius 2 is 1.17 bits per heavy atom. The number of rotatable bonds is 14. The number of carboxylic acids is 2. The summed E-state index contributed by atoms with van der Waals surface area (Å²) in [6.07, 6.45) is 0.713. The van der Waals surface area contributed by atoms with Crippen LogP contribution in [0.2, 0.25) is 0 Å². The van der Waals surface area contributed by atoms with Gasteiger partial charge in [-0.05, 0) is 26.7 Å². The summed E-state index contributed by atoms with van der Waals surface area (Å²) in [6.45, 7) is 8.11. The number of hydrogen-bond acceptors (Lipinski definition) is 8. The quantitative estimate of drug-likeness (QED) is 0.230. The maximum absolute atomic E-state index is 9.64. The van der Waals surface area contributed by atoms with Crippen molar-refractivity contribution >= 4 is 11.9 Å². The highest BCUT2D eigenvalue weighted by molar-refractivity contribution is 5.75. The van der Waals surface area contributed by atoms with Gasteiger partial charge in [0, 0.05) is 0 Å². The molecule has 0 aliphatic carbocycles. The topological polar surface area (TPSA) is 174 Å². The molecular weight excluding hydrogens is 388 g/mol. The Kier molecular flexibility index (Phi) is 25.7. The lowest BCUT2D eigenvalue weighted by molar-refractivity contribution is -0.143. The molecule has 0 amide bonds. The highest BCUT2D eigenvalue weighted by Crippen LogP contribution is 1.98. The molecule has 0 radical (unpaired) electrons. The van der Waals surface area contributed by atoms with Gasteiger partial charge in [-0.15, -0.1) is 0 Å². The number of aliphatic carboxylic acids is 2. The molecular formula is C19H40O10. The molecule has 10 nitrogen and oxygen atoms in total. The molecule has 0 saturated heterocycles. The van der Waals surface area contributed by atoms with Gasteiger partial charge in [0.05, 0.1) is 63.7 Å². The van der Waals surface area contributed by atoms with Gasteiger partial charge in [0.2, 0.25) is 0 Å². The summed E-state index contributed by atoms with van der Waals surface area (Å²) >= 11 is 0. The predicted molar refractivity (Wildman–Crippen MR) is 107 cm³/mol. The standard InChI is InChI=1S/C8H18O3.C7H16O3.C4H6O4/c1-3-4-8(10)6-11-7(2)5-9;1-3-7(9)5-10-6(2)4-8;5-3(6)1-2-4(7)8/h7-10H,3-6H2,1-2H3;6-9H,3-5H2,1-2H3;1-2H2,(H,5,6)(H,7,8). The van der Waals surface area contributed by atoms with E-state index in [0.29, 0.717) is 19.6 Å². The Morgan fingerprint density at radius 1 is 0.793 bits per heavy atom. The van der Waals surface area contributed by atoms with Crippen molar-refractivity contribution < 1.29 is 49.7 Å². The molecule has 0 saturated carbocycles. The zero-order chi connectivity index (χ0) is 23.2. The molecule has 0 aromatic heterocycles. The Hall–Kier alpha value is -1.30. The van der Waals surface area contributed by atoms with Gasteiger partial charge in [-0.3, -0.25) is 9.59 Å². The van der Waals surface area contributed by atoms with E-state index in [1.807, 2.05) is 13.8 Å². The van der Waals surface area contributed by atoms with Crippen molar-refractivity contribution in [3.63, 3.8) is 0 Å². The fraction of sp³-hybridized carbons (Fsp3) is 0.895. The van der Waals surface area contributed by atoms with Gasteiger partial charge in [0.25, 0.3) is 0 Å². The number of ether oxygens (including phenoxy) is 2. The summed E-state index contributed by atoms with van der Waals surface area (Å²) in [7, 11) is 0. The van der Waals surface area contributed by atoms with E-state index in [9.17, 15) is 14.7 Å². The van der Waals surface area contributed by atoms with Gasteiger partial charge in [-0.2, -0.15) is 0 Å². The maximum atomic E-state index is 9.64. The Bertz CT molecular complexity index is 354. The molecule has 10 heteroatoms. The number of carboxylic acid groups (broad SMARTS) is 2. The highest BCUT2D eigenvalue weighted by atomic mass is 16.5. The minimum Gasteiger partial charge on any atom is -0.481 e. The number of hydrogen-bond donors (Lipinski definition) is 6. The van der Waals surface area contributed by atoms with Gasteiger partial charge >= 0.3 is 11.9 Å². The third-order valence-electron chi connectivity index (χ3n) is 3.31. The van der Waals surface area contributed by atoms with E-state index in [2.05, 4.69) is 0 Å². The minimum atomic E-state index is -1.08. The fourth-order valence-electron chi connectivity index (χ4n) is 1.40. The zero-order valence-corrected chi connectivity index (χ0v) is 18.0. The summed E-state index contributed by atoms with van der Waals surface area (Å²) in [5.41, 5.74) is 0. The van der Waals surface area contributed by atoms with Gasteiger partial charge < -0.3 is 40.1 Å². The average molecular weight is 429 g/mol. The summed E-state index contributed by atoms with van der Waals surface area (Å²) in [5.74, 6) is -2.15. The van der Waals surface area contributed by atoms with E-state index in [1.165, 1.54) is 0 Å². The van der Waals surface area contributed by atoms with Crippen molar-refractivity contribution in [2.24, 2.45) is 0 Å². The highest BCUT2D eigenvalue weighted by Gasteiger charge is 2.05. The molecule has 29 heavy (non-hydrogen) atoms. The minimum absolute atomic E-state index is 0.0104. The summed E-state index contributed by atoms with van der Waals surface area (Å²) < 4.78 is 10.1. The lowest BCUT2D eigenvalue weighted by atomic mass is 10.2. The third-order valence-corrected chi connectivity index (χ3v) is 3.31. The molecule has 0 fully saturated rings. The lowest BCUT2D eigenvalue weighted by Gasteiger charge is -2.13. The molecule has 4 atom stereocenters. The first kappa shape index (κ1) is 32.4. The SMILES string of the molecule is CCC(O)COC(C)CO.CCCC(O)COC(C)CO.O=C(O)CCC(=O)O. The normalized spacial score (nSPS) is 14.3. The monoisotopic (exact) mass is 428 g/mol. The first-order chi connectivity index (χ1) is 13.5. The molecule has 0 aromatic rings. The fourth-order valence-corrected chi connectivity index (χ4v) is 1.40. The average Bonchev–Trinajstić information content (AvgIpc) is 2.69. The Labute approximate surface area is 173 Å². The van der Waals surface area contributed by atoms with E-state index < -0.39 is 18.0 Å². The van der Waals surface area contributed by atoms with Crippen LogP contribution in [-0.2, 0) is 19.1 Å². The van der Waals surface area contributed by atoms with E-state index >= 15 is 0 Å². The van der Waals surface area contributed by atoms with Crippen LogP contribution in [-0.4, -0.2) is 93.4 Å². The van der Waals surface area contributed by atoms with Crippen LogP contribution in [0.15, 0.2) is 0 Å². The van der Waals surface area contributed by atoms with Gasteiger partial charge in [0.15, 0.2) is 0 Å². The molecule has 0 spiro atoms. The van der Waals surface area contributed by atoms with E-state index in [4.69, 9.17) is 35.0 Å². The first-order valence-electron chi connectivity index (χ1n) is 9.78. The molecule has 0 aliphatic rings. The number of aliphatic hydroxyl groups is 4. The van der Waals surface area contributed by atoms with Crippen molar-refractivity contribution in [3.8, 4) is 0 Å². The lowest BCUT2D eigenvalue weighted by Crippen LogP contribution is -2.21. The molecule has 0 rings (SSSR count). The second kappa shape index (κ2) is 23.0. The van der Waals surface area contributed by atoms with Gasteiger partial charge in [0.1, 0.15) is 0 Å². The smallest absolute Gasteiger partial charge is 0.303 e. The van der Waals surface area contributed by atoms with Crippen LogP contribution in [0.3, 0.4) is 0 Å². The summed E-state index contributed by atoms with van der Waals surface area (Å²) in [6, 6.07) is 0. The molecule has 4 unspecified atom stereocenters. The van der Waals surface area contributed by atoms with Crippen LogP contribution in [0.1, 0.15) is 59.8 Å². The van der Waals surface area contributed by atoms with Crippen molar-refractivity contribution in [1.82, 2.24) is 0 Å². The van der Waals surface area contributed by atoms with Crippen LogP contribution >= 0.6 is 0 Å². The van der Waals surface area contributed by atoms with E-state index in [0.717, 1.165) is 12.8 Å². The van der Waals surface area contributed by atoms with Gasteiger partial charge in [-0.25, -0.2) is 0 Å². The van der Waals surface area contributed by atoms with E-state index in [1.54, 1.807) is 13.8 Å². The molecule has 0 aromatic carbocycles. The first-order valence-corrected chi connectivity index (χ1v) is 9.78.